The number of aliphatic hydroxyl groups is 1. The third-order valence-corrected chi connectivity index (χ3v) is 4.63. The van der Waals surface area contributed by atoms with E-state index in [1.165, 1.54) is 26.8 Å². The van der Waals surface area contributed by atoms with Gasteiger partial charge in [0.15, 0.2) is 0 Å². The van der Waals surface area contributed by atoms with E-state index in [9.17, 15) is 21.6 Å². The summed E-state index contributed by atoms with van der Waals surface area (Å²) in [5, 5.41) is 8.87. The molecular weight excluding hydrogens is 307 g/mol. The quantitative estimate of drug-likeness (QED) is 0.874. The van der Waals surface area contributed by atoms with Crippen LogP contribution in [0.25, 0.3) is 0 Å². The first-order valence-electron chi connectivity index (χ1n) is 6.22. The molecule has 0 saturated carbocycles. The van der Waals surface area contributed by atoms with Gasteiger partial charge in [-0.25, -0.2) is 13.1 Å². The van der Waals surface area contributed by atoms with Crippen molar-refractivity contribution in [3.05, 3.63) is 29.3 Å². The van der Waals surface area contributed by atoms with Crippen molar-refractivity contribution >= 4 is 10.0 Å². The maximum absolute atomic E-state index is 13.0. The Morgan fingerprint density at radius 1 is 1.24 bits per heavy atom. The number of aliphatic hydroxyl groups excluding tert-OH is 1. The first-order chi connectivity index (χ1) is 9.39. The Balaban J connectivity index is 3.33. The predicted octanol–water partition coefficient (Wildman–Crippen LogP) is 2.45. The van der Waals surface area contributed by atoms with E-state index in [0.29, 0.717) is 5.56 Å². The highest BCUT2D eigenvalue weighted by atomic mass is 32.2. The molecule has 2 N–H and O–H groups in total. The lowest BCUT2D eigenvalue weighted by Crippen LogP contribution is -2.44. The van der Waals surface area contributed by atoms with Gasteiger partial charge in [0, 0.05) is 12.1 Å². The molecule has 8 heteroatoms. The SMILES string of the molecule is Cc1ccc(S(=O)(=O)NC(C)(C)CCO)c(C(F)(F)F)c1. The number of hydrogen-bond donors (Lipinski definition) is 2. The Hall–Kier alpha value is -1.12. The molecule has 0 radical (unpaired) electrons. The molecule has 0 spiro atoms. The van der Waals surface area contributed by atoms with Gasteiger partial charge in [-0.3, -0.25) is 0 Å². The minimum atomic E-state index is -4.77. The van der Waals surface area contributed by atoms with Gasteiger partial charge in [0.25, 0.3) is 0 Å². The molecule has 120 valence electrons. The van der Waals surface area contributed by atoms with Crippen LogP contribution in [0.3, 0.4) is 0 Å². The molecule has 4 nitrogen and oxygen atoms in total. The van der Waals surface area contributed by atoms with Crippen LogP contribution < -0.4 is 4.72 Å². The van der Waals surface area contributed by atoms with Gasteiger partial charge in [-0.15, -0.1) is 0 Å². The van der Waals surface area contributed by atoms with Crippen molar-refractivity contribution in [2.45, 2.75) is 43.8 Å². The van der Waals surface area contributed by atoms with Crippen LogP contribution in [0, 0.1) is 6.92 Å². The Labute approximate surface area is 122 Å². The molecular formula is C13H18F3NO3S. The van der Waals surface area contributed by atoms with Gasteiger partial charge >= 0.3 is 6.18 Å². The number of benzene rings is 1. The fourth-order valence-electron chi connectivity index (χ4n) is 1.85. The molecule has 0 aromatic heterocycles. The van der Waals surface area contributed by atoms with Crippen molar-refractivity contribution in [1.29, 1.82) is 0 Å². The average molecular weight is 325 g/mol. The van der Waals surface area contributed by atoms with E-state index in [-0.39, 0.29) is 13.0 Å². The zero-order chi connectivity index (χ0) is 16.5. The molecule has 21 heavy (non-hydrogen) atoms. The Bertz CT molecular complexity index is 610. The van der Waals surface area contributed by atoms with Gasteiger partial charge in [-0.1, -0.05) is 11.6 Å². The van der Waals surface area contributed by atoms with Gasteiger partial charge in [0.1, 0.15) is 0 Å². The van der Waals surface area contributed by atoms with Crippen LogP contribution in [0.2, 0.25) is 0 Å². The van der Waals surface area contributed by atoms with Crippen molar-refractivity contribution in [3.8, 4) is 0 Å². The number of aryl methyl sites for hydroxylation is 1. The summed E-state index contributed by atoms with van der Waals surface area (Å²) in [6, 6.07) is 3.05. The number of nitrogens with one attached hydrogen (secondary N) is 1. The van der Waals surface area contributed by atoms with Gasteiger partial charge < -0.3 is 5.11 Å². The standard InChI is InChI=1S/C13H18F3NO3S/c1-9-4-5-11(10(8-9)13(14,15)16)21(19,20)17-12(2,3)6-7-18/h4-5,8,17-18H,6-7H2,1-3H3. The molecule has 0 unspecified atom stereocenters. The minimum Gasteiger partial charge on any atom is -0.396 e. The minimum absolute atomic E-state index is 0.0828. The lowest BCUT2D eigenvalue weighted by atomic mass is 10.0. The van der Waals surface area contributed by atoms with E-state index in [4.69, 9.17) is 5.11 Å². The predicted molar refractivity (Wildman–Crippen MR) is 72.3 cm³/mol. The molecule has 0 saturated heterocycles. The van der Waals surface area contributed by atoms with Crippen molar-refractivity contribution in [2.75, 3.05) is 6.61 Å². The van der Waals surface area contributed by atoms with Crippen molar-refractivity contribution in [3.63, 3.8) is 0 Å². The second kappa shape index (κ2) is 5.94. The summed E-state index contributed by atoms with van der Waals surface area (Å²) in [5.74, 6) is 0. The molecule has 0 fully saturated rings. The monoisotopic (exact) mass is 325 g/mol. The Morgan fingerprint density at radius 3 is 2.29 bits per heavy atom. The van der Waals surface area contributed by atoms with Crippen LogP contribution in [-0.2, 0) is 16.2 Å². The normalized spacial score (nSPS) is 13.5. The second-order valence-electron chi connectivity index (χ2n) is 5.46. The summed E-state index contributed by atoms with van der Waals surface area (Å²) < 4.78 is 65.6. The number of halogens is 3. The largest absolute Gasteiger partial charge is 0.417 e. The van der Waals surface area contributed by atoms with Crippen LogP contribution in [0.1, 0.15) is 31.4 Å². The molecule has 0 aliphatic carbocycles. The average Bonchev–Trinajstić information content (AvgIpc) is 2.25. The summed E-state index contributed by atoms with van der Waals surface area (Å²) in [6.45, 7) is 4.15. The molecule has 0 bridgehead atoms. The zero-order valence-electron chi connectivity index (χ0n) is 12.0. The zero-order valence-corrected chi connectivity index (χ0v) is 12.8. The van der Waals surface area contributed by atoms with Gasteiger partial charge in [-0.2, -0.15) is 13.2 Å². The summed E-state index contributed by atoms with van der Waals surface area (Å²) in [5.41, 5.74) is -1.94. The topological polar surface area (TPSA) is 66.4 Å². The lowest BCUT2D eigenvalue weighted by Gasteiger charge is -2.26. The van der Waals surface area contributed by atoms with Crippen LogP contribution in [-0.4, -0.2) is 25.7 Å². The smallest absolute Gasteiger partial charge is 0.396 e. The fourth-order valence-corrected chi connectivity index (χ4v) is 3.50. The van der Waals surface area contributed by atoms with E-state index >= 15 is 0 Å². The molecule has 1 aromatic rings. The Kier molecular flexibility index (Phi) is 5.07. The first kappa shape index (κ1) is 17.9. The molecule has 1 rings (SSSR count). The summed E-state index contributed by atoms with van der Waals surface area (Å²) in [4.78, 5) is -0.813. The van der Waals surface area contributed by atoms with Crippen LogP contribution in [0.4, 0.5) is 13.2 Å². The van der Waals surface area contributed by atoms with Gasteiger partial charge in [0.2, 0.25) is 10.0 Å². The van der Waals surface area contributed by atoms with E-state index in [1.54, 1.807) is 0 Å². The van der Waals surface area contributed by atoms with Crippen molar-refractivity contribution in [1.82, 2.24) is 4.72 Å². The molecule has 0 aliphatic heterocycles. The highest BCUT2D eigenvalue weighted by Crippen LogP contribution is 2.35. The summed E-state index contributed by atoms with van der Waals surface area (Å²) in [7, 11) is -4.35. The van der Waals surface area contributed by atoms with E-state index in [2.05, 4.69) is 4.72 Å². The number of rotatable bonds is 5. The van der Waals surface area contributed by atoms with Gasteiger partial charge in [-0.05, 0) is 39.3 Å². The van der Waals surface area contributed by atoms with E-state index < -0.39 is 32.2 Å². The molecule has 0 heterocycles. The summed E-state index contributed by atoms with van der Waals surface area (Å²) >= 11 is 0. The molecule has 0 atom stereocenters. The van der Waals surface area contributed by atoms with E-state index in [1.807, 2.05) is 0 Å². The molecule has 1 aromatic carbocycles. The molecule has 0 amide bonds. The highest BCUT2D eigenvalue weighted by Gasteiger charge is 2.38. The number of hydrogen-bond acceptors (Lipinski definition) is 3. The maximum Gasteiger partial charge on any atom is 0.417 e. The van der Waals surface area contributed by atoms with Crippen LogP contribution >= 0.6 is 0 Å². The number of sulfonamides is 1. The van der Waals surface area contributed by atoms with Crippen LogP contribution in [0.5, 0.6) is 0 Å². The highest BCUT2D eigenvalue weighted by molar-refractivity contribution is 7.89. The summed E-state index contributed by atoms with van der Waals surface area (Å²) in [6.07, 6.45) is -4.68. The first-order valence-corrected chi connectivity index (χ1v) is 7.70. The van der Waals surface area contributed by atoms with Crippen molar-refractivity contribution < 1.29 is 26.7 Å². The second-order valence-corrected chi connectivity index (χ2v) is 7.11. The maximum atomic E-state index is 13.0. The van der Waals surface area contributed by atoms with Crippen LogP contribution in [0.15, 0.2) is 23.1 Å². The number of alkyl halides is 3. The van der Waals surface area contributed by atoms with Gasteiger partial charge in [0.05, 0.1) is 10.5 Å². The van der Waals surface area contributed by atoms with Crippen molar-refractivity contribution in [2.24, 2.45) is 0 Å². The lowest BCUT2D eigenvalue weighted by molar-refractivity contribution is -0.139. The van der Waals surface area contributed by atoms with E-state index in [0.717, 1.165) is 12.1 Å². The third-order valence-electron chi connectivity index (χ3n) is 2.88. The Morgan fingerprint density at radius 2 is 1.81 bits per heavy atom. The fraction of sp³-hybridized carbons (Fsp3) is 0.538. The third kappa shape index (κ3) is 4.69. The molecule has 0 aliphatic rings.